The third-order valence-electron chi connectivity index (χ3n) is 2.52. The molecule has 0 bridgehead atoms. The molecule has 4 heteroatoms. The van der Waals surface area contributed by atoms with Gasteiger partial charge < -0.3 is 15.8 Å². The average molecular weight is 236 g/mol. The fourth-order valence-electron chi connectivity index (χ4n) is 1.53. The Balaban J connectivity index is 2.67. The summed E-state index contributed by atoms with van der Waals surface area (Å²) in [6.45, 7) is 4.29. The summed E-state index contributed by atoms with van der Waals surface area (Å²) in [5.74, 6) is 0.731. The van der Waals surface area contributed by atoms with E-state index in [2.05, 4.69) is 5.32 Å². The Bertz CT molecular complexity index is 389. The first-order chi connectivity index (χ1) is 8.04. The van der Waals surface area contributed by atoms with E-state index >= 15 is 0 Å². The highest BCUT2D eigenvalue weighted by Crippen LogP contribution is 2.25. The molecule has 0 unspecified atom stereocenters. The molecular formula is C13H20N2O2. The summed E-state index contributed by atoms with van der Waals surface area (Å²) in [5.41, 5.74) is 8.00. The van der Waals surface area contributed by atoms with Crippen molar-refractivity contribution < 1.29 is 9.53 Å². The largest absolute Gasteiger partial charge is 0.493 e. The zero-order chi connectivity index (χ0) is 12.8. The maximum absolute atomic E-state index is 11.1. The lowest BCUT2D eigenvalue weighted by Gasteiger charge is -2.14. The molecule has 0 spiro atoms. The van der Waals surface area contributed by atoms with Gasteiger partial charge in [0.2, 0.25) is 5.91 Å². The number of amides is 1. The number of benzene rings is 1. The van der Waals surface area contributed by atoms with Crippen molar-refractivity contribution in [2.45, 2.75) is 26.3 Å². The molecule has 94 valence electrons. The first-order valence-electron chi connectivity index (χ1n) is 5.74. The van der Waals surface area contributed by atoms with Gasteiger partial charge in [0.05, 0.1) is 13.0 Å². The molecule has 1 rings (SSSR count). The van der Waals surface area contributed by atoms with Gasteiger partial charge in [0.15, 0.2) is 0 Å². The molecule has 1 atom stereocenters. The van der Waals surface area contributed by atoms with Crippen molar-refractivity contribution in [3.63, 3.8) is 0 Å². The summed E-state index contributed by atoms with van der Waals surface area (Å²) in [6, 6.07) is 5.81. The topological polar surface area (TPSA) is 64.3 Å². The third kappa shape index (κ3) is 4.07. The summed E-state index contributed by atoms with van der Waals surface area (Å²) in [5, 5.41) is 2.55. The van der Waals surface area contributed by atoms with Crippen LogP contribution >= 0.6 is 0 Å². The predicted octanol–water partition coefficient (Wildman–Crippen LogP) is 1.53. The first-order valence-corrected chi connectivity index (χ1v) is 5.74. The van der Waals surface area contributed by atoms with Gasteiger partial charge in [-0.1, -0.05) is 17.7 Å². The van der Waals surface area contributed by atoms with E-state index in [4.69, 9.17) is 10.5 Å². The standard InChI is InChI=1S/C13H20N2O2/c1-9-4-5-12(11(8-9)10(2)14)17-7-6-13(16)15-3/h4-5,8,10H,6-7,14H2,1-3H3,(H,15,16)/t10-/m0/s1. The SMILES string of the molecule is CNC(=O)CCOc1ccc(C)cc1[C@H](C)N. The minimum Gasteiger partial charge on any atom is -0.493 e. The number of rotatable bonds is 5. The number of nitrogens with two attached hydrogens (primary N) is 1. The summed E-state index contributed by atoms with van der Waals surface area (Å²) < 4.78 is 5.59. The van der Waals surface area contributed by atoms with Crippen LogP contribution in [0.25, 0.3) is 0 Å². The second-order valence-electron chi connectivity index (χ2n) is 4.10. The summed E-state index contributed by atoms with van der Waals surface area (Å²) in [7, 11) is 1.61. The Morgan fingerprint density at radius 2 is 2.24 bits per heavy atom. The van der Waals surface area contributed by atoms with Gasteiger partial charge >= 0.3 is 0 Å². The molecule has 4 nitrogen and oxygen atoms in total. The van der Waals surface area contributed by atoms with Gasteiger partial charge in [-0.25, -0.2) is 0 Å². The molecule has 0 saturated heterocycles. The van der Waals surface area contributed by atoms with Crippen LogP contribution in [0, 0.1) is 6.92 Å². The van der Waals surface area contributed by atoms with Gasteiger partial charge in [0, 0.05) is 18.7 Å². The van der Waals surface area contributed by atoms with Gasteiger partial charge in [-0.2, -0.15) is 0 Å². The van der Waals surface area contributed by atoms with E-state index in [0.717, 1.165) is 16.9 Å². The van der Waals surface area contributed by atoms with Crippen molar-refractivity contribution in [3.8, 4) is 5.75 Å². The molecule has 0 aliphatic heterocycles. The lowest BCUT2D eigenvalue weighted by Crippen LogP contribution is -2.20. The van der Waals surface area contributed by atoms with Crippen molar-refractivity contribution in [1.82, 2.24) is 5.32 Å². The van der Waals surface area contributed by atoms with Crippen LogP contribution in [0.4, 0.5) is 0 Å². The average Bonchev–Trinajstić information content (AvgIpc) is 2.30. The van der Waals surface area contributed by atoms with Gasteiger partial charge in [0.1, 0.15) is 5.75 Å². The third-order valence-corrected chi connectivity index (χ3v) is 2.52. The maximum Gasteiger partial charge on any atom is 0.223 e. The number of hydrogen-bond donors (Lipinski definition) is 2. The van der Waals surface area contributed by atoms with Gasteiger partial charge in [0.25, 0.3) is 0 Å². The molecular weight excluding hydrogens is 216 g/mol. The van der Waals surface area contributed by atoms with Crippen LogP contribution in [0.2, 0.25) is 0 Å². The Morgan fingerprint density at radius 3 is 2.82 bits per heavy atom. The molecule has 0 aliphatic rings. The van der Waals surface area contributed by atoms with E-state index in [9.17, 15) is 4.79 Å². The van der Waals surface area contributed by atoms with E-state index in [1.807, 2.05) is 32.0 Å². The Morgan fingerprint density at radius 1 is 1.53 bits per heavy atom. The zero-order valence-corrected chi connectivity index (χ0v) is 10.6. The zero-order valence-electron chi connectivity index (χ0n) is 10.6. The van der Waals surface area contributed by atoms with Crippen LogP contribution in [-0.2, 0) is 4.79 Å². The van der Waals surface area contributed by atoms with Crippen molar-refractivity contribution in [2.24, 2.45) is 5.73 Å². The number of nitrogens with one attached hydrogen (secondary N) is 1. The molecule has 1 aromatic rings. The summed E-state index contributed by atoms with van der Waals surface area (Å²) in [4.78, 5) is 11.1. The molecule has 0 aliphatic carbocycles. The second kappa shape index (κ2) is 6.25. The normalized spacial score (nSPS) is 12.0. The predicted molar refractivity (Wildman–Crippen MR) is 68.0 cm³/mol. The quantitative estimate of drug-likeness (QED) is 0.815. The molecule has 1 amide bonds. The Kier molecular flexibility index (Phi) is 4.97. The second-order valence-corrected chi connectivity index (χ2v) is 4.10. The minimum atomic E-state index is -0.0788. The van der Waals surface area contributed by atoms with Crippen molar-refractivity contribution in [1.29, 1.82) is 0 Å². The maximum atomic E-state index is 11.1. The van der Waals surface area contributed by atoms with E-state index < -0.39 is 0 Å². The molecule has 17 heavy (non-hydrogen) atoms. The highest BCUT2D eigenvalue weighted by Gasteiger charge is 2.08. The van der Waals surface area contributed by atoms with Crippen LogP contribution < -0.4 is 15.8 Å². The highest BCUT2D eigenvalue weighted by molar-refractivity contribution is 5.75. The monoisotopic (exact) mass is 236 g/mol. The molecule has 0 aromatic heterocycles. The lowest BCUT2D eigenvalue weighted by atomic mass is 10.1. The number of ether oxygens (including phenoxy) is 1. The van der Waals surface area contributed by atoms with Gasteiger partial charge in [-0.3, -0.25) is 4.79 Å². The lowest BCUT2D eigenvalue weighted by molar-refractivity contribution is -0.121. The van der Waals surface area contributed by atoms with E-state index in [1.54, 1.807) is 7.05 Å². The van der Waals surface area contributed by atoms with E-state index in [-0.39, 0.29) is 11.9 Å². The smallest absolute Gasteiger partial charge is 0.223 e. The van der Waals surface area contributed by atoms with Crippen LogP contribution in [0.15, 0.2) is 18.2 Å². The molecule has 1 aromatic carbocycles. The van der Waals surface area contributed by atoms with E-state index in [1.165, 1.54) is 0 Å². The molecule has 0 fully saturated rings. The number of carbonyl (C=O) groups is 1. The molecule has 0 saturated carbocycles. The van der Waals surface area contributed by atoms with Crippen LogP contribution in [0.3, 0.4) is 0 Å². The molecule has 0 heterocycles. The number of hydrogen-bond acceptors (Lipinski definition) is 3. The van der Waals surface area contributed by atoms with Crippen molar-refractivity contribution in [2.75, 3.05) is 13.7 Å². The summed E-state index contributed by atoms with van der Waals surface area (Å²) in [6.07, 6.45) is 0.350. The summed E-state index contributed by atoms with van der Waals surface area (Å²) >= 11 is 0. The molecule has 3 N–H and O–H groups in total. The van der Waals surface area contributed by atoms with Crippen molar-refractivity contribution in [3.05, 3.63) is 29.3 Å². The van der Waals surface area contributed by atoms with Gasteiger partial charge in [-0.15, -0.1) is 0 Å². The van der Waals surface area contributed by atoms with Crippen LogP contribution in [-0.4, -0.2) is 19.6 Å². The van der Waals surface area contributed by atoms with Crippen LogP contribution in [0.5, 0.6) is 5.75 Å². The molecule has 0 radical (unpaired) electrons. The first kappa shape index (κ1) is 13.5. The Hall–Kier alpha value is -1.55. The number of aryl methyl sites for hydroxylation is 1. The fraction of sp³-hybridized carbons (Fsp3) is 0.462. The highest BCUT2D eigenvalue weighted by atomic mass is 16.5. The van der Waals surface area contributed by atoms with Gasteiger partial charge in [-0.05, 0) is 19.9 Å². The number of carbonyl (C=O) groups excluding carboxylic acids is 1. The van der Waals surface area contributed by atoms with Crippen molar-refractivity contribution >= 4 is 5.91 Å². The fourth-order valence-corrected chi connectivity index (χ4v) is 1.53. The van der Waals surface area contributed by atoms with E-state index in [0.29, 0.717) is 13.0 Å². The Labute approximate surface area is 102 Å². The minimum absolute atomic E-state index is 0.0283. The van der Waals surface area contributed by atoms with Crippen LogP contribution in [0.1, 0.15) is 30.5 Å².